The lowest BCUT2D eigenvalue weighted by atomic mass is 10.1. The molecular formula is C12H7BrO2S. The maximum atomic E-state index is 12.3. The normalized spacial score (nSPS) is 13.7. The van der Waals surface area contributed by atoms with E-state index in [9.17, 15) is 4.79 Å². The summed E-state index contributed by atoms with van der Waals surface area (Å²) in [6, 6.07) is 7.46. The molecule has 0 saturated carbocycles. The molecule has 0 saturated heterocycles. The van der Waals surface area contributed by atoms with Gasteiger partial charge in [0.2, 0.25) is 5.78 Å². The molecule has 0 spiro atoms. The van der Waals surface area contributed by atoms with Gasteiger partial charge in [0.1, 0.15) is 12.4 Å². The predicted molar refractivity (Wildman–Crippen MR) is 66.2 cm³/mol. The zero-order valence-corrected chi connectivity index (χ0v) is 10.6. The minimum atomic E-state index is 0.0544. The van der Waals surface area contributed by atoms with Crippen LogP contribution >= 0.6 is 27.3 Å². The van der Waals surface area contributed by atoms with Gasteiger partial charge in [0.25, 0.3) is 0 Å². The Kier molecular flexibility index (Phi) is 2.33. The van der Waals surface area contributed by atoms with Crippen LogP contribution in [0.1, 0.15) is 20.8 Å². The highest BCUT2D eigenvalue weighted by Gasteiger charge is 2.23. The lowest BCUT2D eigenvalue weighted by Crippen LogP contribution is -1.99. The molecule has 2 aromatic rings. The third-order valence-corrected chi connectivity index (χ3v) is 3.97. The van der Waals surface area contributed by atoms with Crippen LogP contribution in [0.2, 0.25) is 0 Å². The molecule has 80 valence electrons. The molecule has 4 heteroatoms. The first-order chi connectivity index (χ1) is 7.75. The maximum absolute atomic E-state index is 12.3. The highest BCUT2D eigenvalue weighted by molar-refractivity contribution is 9.10. The Balaban J connectivity index is 2.22. The van der Waals surface area contributed by atoms with Crippen molar-refractivity contribution in [1.82, 2.24) is 0 Å². The Labute approximate surface area is 105 Å². The number of fused-ring (bicyclic) bond motifs is 2. The van der Waals surface area contributed by atoms with E-state index in [2.05, 4.69) is 15.9 Å². The summed E-state index contributed by atoms with van der Waals surface area (Å²) >= 11 is 4.84. The highest BCUT2D eigenvalue weighted by Crippen LogP contribution is 2.32. The number of carbonyl (C=O) groups excluding carboxylic acids is 1. The summed E-state index contributed by atoms with van der Waals surface area (Å²) in [6.45, 7) is 0.471. The van der Waals surface area contributed by atoms with Gasteiger partial charge < -0.3 is 4.74 Å². The van der Waals surface area contributed by atoms with Crippen molar-refractivity contribution in [1.29, 1.82) is 0 Å². The van der Waals surface area contributed by atoms with Gasteiger partial charge in [0.05, 0.1) is 10.4 Å². The molecule has 0 radical (unpaired) electrons. The molecule has 0 bridgehead atoms. The van der Waals surface area contributed by atoms with Crippen molar-refractivity contribution >= 4 is 33.0 Å². The topological polar surface area (TPSA) is 26.3 Å². The maximum Gasteiger partial charge on any atom is 0.207 e. The second-order valence-corrected chi connectivity index (χ2v) is 5.37. The summed E-state index contributed by atoms with van der Waals surface area (Å²) in [5, 5.41) is 1.93. The Morgan fingerprint density at radius 2 is 2.19 bits per heavy atom. The molecule has 0 fully saturated rings. The second kappa shape index (κ2) is 3.71. The smallest absolute Gasteiger partial charge is 0.207 e. The number of halogens is 1. The molecule has 1 aromatic carbocycles. The summed E-state index contributed by atoms with van der Waals surface area (Å²) in [5.41, 5.74) is 1.61. The van der Waals surface area contributed by atoms with E-state index in [-0.39, 0.29) is 5.78 Å². The number of hydrogen-bond donors (Lipinski definition) is 0. The van der Waals surface area contributed by atoms with Gasteiger partial charge in [-0.05, 0) is 29.6 Å². The summed E-state index contributed by atoms with van der Waals surface area (Å²) in [4.78, 5) is 13.0. The van der Waals surface area contributed by atoms with Gasteiger partial charge in [-0.2, -0.15) is 0 Å². The zero-order chi connectivity index (χ0) is 11.1. The lowest BCUT2D eigenvalue weighted by molar-refractivity contribution is 0.104. The van der Waals surface area contributed by atoms with E-state index in [0.29, 0.717) is 17.9 Å². The molecule has 1 aromatic heterocycles. The molecule has 0 unspecified atom stereocenters. The summed E-state index contributed by atoms with van der Waals surface area (Å²) in [7, 11) is 0. The van der Waals surface area contributed by atoms with E-state index in [4.69, 9.17) is 4.74 Å². The number of benzene rings is 1. The fraction of sp³-hybridized carbons (Fsp3) is 0.0833. The third kappa shape index (κ3) is 1.49. The molecular weight excluding hydrogens is 288 g/mol. The first kappa shape index (κ1) is 10.1. The van der Waals surface area contributed by atoms with Crippen LogP contribution in [-0.4, -0.2) is 5.78 Å². The average molecular weight is 295 g/mol. The number of ether oxygens (including phenoxy) is 1. The summed E-state index contributed by atoms with van der Waals surface area (Å²) < 4.78 is 6.52. The number of ketones is 1. The van der Waals surface area contributed by atoms with E-state index < -0.39 is 0 Å². The fourth-order valence-electron chi connectivity index (χ4n) is 1.73. The zero-order valence-electron chi connectivity index (χ0n) is 8.20. The van der Waals surface area contributed by atoms with E-state index in [1.165, 1.54) is 11.3 Å². The minimum absolute atomic E-state index is 0.0544. The Morgan fingerprint density at radius 1 is 1.31 bits per heavy atom. The molecule has 2 nitrogen and oxygen atoms in total. The molecule has 3 rings (SSSR count). The number of thiophene rings is 1. The van der Waals surface area contributed by atoms with Gasteiger partial charge in [0, 0.05) is 10.0 Å². The van der Waals surface area contributed by atoms with Crippen LogP contribution in [0.4, 0.5) is 0 Å². The van der Waals surface area contributed by atoms with Crippen molar-refractivity contribution in [3.05, 3.63) is 50.1 Å². The van der Waals surface area contributed by atoms with Gasteiger partial charge in [-0.15, -0.1) is 11.3 Å². The highest BCUT2D eigenvalue weighted by atomic mass is 79.9. The first-order valence-electron chi connectivity index (χ1n) is 4.79. The van der Waals surface area contributed by atoms with Crippen LogP contribution in [-0.2, 0) is 6.61 Å². The van der Waals surface area contributed by atoms with Crippen LogP contribution in [0, 0.1) is 0 Å². The van der Waals surface area contributed by atoms with Crippen molar-refractivity contribution in [2.75, 3.05) is 0 Å². The molecule has 16 heavy (non-hydrogen) atoms. The van der Waals surface area contributed by atoms with Crippen molar-refractivity contribution < 1.29 is 9.53 Å². The van der Waals surface area contributed by atoms with Crippen LogP contribution < -0.4 is 4.74 Å². The number of rotatable bonds is 0. The number of carbonyl (C=O) groups is 1. The largest absolute Gasteiger partial charge is 0.488 e. The summed E-state index contributed by atoms with van der Waals surface area (Å²) in [6.07, 6.45) is 0. The van der Waals surface area contributed by atoms with E-state index >= 15 is 0 Å². The molecule has 1 aliphatic rings. The van der Waals surface area contributed by atoms with Gasteiger partial charge >= 0.3 is 0 Å². The molecule has 1 aliphatic heterocycles. The second-order valence-electron chi connectivity index (χ2n) is 3.53. The van der Waals surface area contributed by atoms with Gasteiger partial charge in [-0.3, -0.25) is 4.79 Å². The van der Waals surface area contributed by atoms with Crippen molar-refractivity contribution in [2.24, 2.45) is 0 Å². The van der Waals surface area contributed by atoms with Crippen LogP contribution in [0.15, 0.2) is 34.1 Å². The Bertz CT molecular complexity index is 574. The minimum Gasteiger partial charge on any atom is -0.488 e. The molecule has 0 N–H and O–H groups in total. The third-order valence-electron chi connectivity index (χ3n) is 2.52. The standard InChI is InChI=1S/C12H7BrO2S/c13-8-1-2-10-9(5-8)11(14)12-7(6-15-10)3-4-16-12/h1-5H,6H2. The Morgan fingerprint density at radius 3 is 3.06 bits per heavy atom. The van der Waals surface area contributed by atoms with Gasteiger partial charge in [0.15, 0.2) is 0 Å². The molecule has 0 amide bonds. The SMILES string of the molecule is O=C1c2cc(Br)ccc2OCc2ccsc21. The predicted octanol–water partition coefficient (Wildman–Crippen LogP) is 3.63. The van der Waals surface area contributed by atoms with E-state index in [1.54, 1.807) is 0 Å². The lowest BCUT2D eigenvalue weighted by Gasteiger charge is -2.05. The van der Waals surface area contributed by atoms with E-state index in [1.807, 2.05) is 29.6 Å². The quantitative estimate of drug-likeness (QED) is 0.742. The van der Waals surface area contributed by atoms with Crippen molar-refractivity contribution in [3.8, 4) is 5.75 Å². The molecule has 2 heterocycles. The first-order valence-corrected chi connectivity index (χ1v) is 6.46. The van der Waals surface area contributed by atoms with E-state index in [0.717, 1.165) is 14.9 Å². The van der Waals surface area contributed by atoms with Crippen molar-refractivity contribution in [3.63, 3.8) is 0 Å². The molecule has 0 aliphatic carbocycles. The van der Waals surface area contributed by atoms with Gasteiger partial charge in [-0.25, -0.2) is 0 Å². The Hall–Kier alpha value is -1.13. The number of hydrogen-bond acceptors (Lipinski definition) is 3. The summed E-state index contributed by atoms with van der Waals surface area (Å²) in [5.74, 6) is 0.718. The van der Waals surface area contributed by atoms with Crippen LogP contribution in [0.3, 0.4) is 0 Å². The van der Waals surface area contributed by atoms with Crippen molar-refractivity contribution in [2.45, 2.75) is 6.61 Å². The fourth-order valence-corrected chi connectivity index (χ4v) is 2.96. The van der Waals surface area contributed by atoms with Crippen LogP contribution in [0.25, 0.3) is 0 Å². The molecule has 0 atom stereocenters. The van der Waals surface area contributed by atoms with Gasteiger partial charge in [-0.1, -0.05) is 15.9 Å². The average Bonchev–Trinajstić information content (AvgIpc) is 2.70. The monoisotopic (exact) mass is 294 g/mol. The van der Waals surface area contributed by atoms with Crippen LogP contribution in [0.5, 0.6) is 5.75 Å².